The Morgan fingerprint density at radius 3 is 1.46 bits per heavy atom. The molecule has 5 nitrogen and oxygen atoms in total. The lowest BCUT2D eigenvalue weighted by molar-refractivity contribution is -0.155. The maximum absolute atomic E-state index is 15.0. The van der Waals surface area contributed by atoms with Crippen molar-refractivity contribution in [2.75, 3.05) is 13.6 Å². The summed E-state index contributed by atoms with van der Waals surface area (Å²) in [5.41, 5.74) is 3.50. The zero-order valence-electron chi connectivity index (χ0n) is 30.0. The normalized spacial score (nSPS) is 13.1. The van der Waals surface area contributed by atoms with Crippen LogP contribution in [0, 0.1) is 5.92 Å². The van der Waals surface area contributed by atoms with Crippen LogP contribution in [0.3, 0.4) is 0 Å². The second kappa shape index (κ2) is 16.6. The topological polar surface area (TPSA) is 58.6 Å². The molecule has 0 saturated carbocycles. The van der Waals surface area contributed by atoms with Crippen molar-refractivity contribution in [2.24, 2.45) is 5.92 Å². The average Bonchev–Trinajstić information content (AvgIpc) is 3.15. The highest BCUT2D eigenvalue weighted by molar-refractivity contribution is 5.85. The predicted molar refractivity (Wildman–Crippen MR) is 203 cm³/mol. The molecule has 1 amide bonds. The molecular formula is C45H50N2O3. The second-order valence-corrected chi connectivity index (χ2v) is 14.2. The Morgan fingerprint density at radius 1 is 0.640 bits per heavy atom. The number of nitrogens with one attached hydrogen (secondary N) is 1. The quantitative estimate of drug-likeness (QED) is 0.0899. The second-order valence-electron chi connectivity index (χ2n) is 14.2. The van der Waals surface area contributed by atoms with Crippen LogP contribution in [-0.4, -0.2) is 42.5 Å². The van der Waals surface area contributed by atoms with Gasteiger partial charge in [0.05, 0.1) is 11.5 Å². The maximum atomic E-state index is 15.0. The molecule has 5 aromatic carbocycles. The molecule has 0 heterocycles. The molecule has 5 rings (SSSR count). The van der Waals surface area contributed by atoms with Gasteiger partial charge in [0.2, 0.25) is 5.91 Å². The van der Waals surface area contributed by atoms with Gasteiger partial charge in [0.1, 0.15) is 12.6 Å². The molecule has 258 valence electrons. The minimum absolute atomic E-state index is 0.116. The summed E-state index contributed by atoms with van der Waals surface area (Å²) in [6.07, 6.45) is 0.547. The van der Waals surface area contributed by atoms with E-state index >= 15 is 4.79 Å². The van der Waals surface area contributed by atoms with Crippen molar-refractivity contribution in [2.45, 2.75) is 63.6 Å². The lowest BCUT2D eigenvalue weighted by atomic mass is 9.64. The molecule has 0 aliphatic heterocycles. The van der Waals surface area contributed by atoms with Gasteiger partial charge >= 0.3 is 5.97 Å². The number of carbonyl (C=O) groups excluding carboxylic acids is 2. The van der Waals surface area contributed by atoms with Crippen molar-refractivity contribution < 1.29 is 14.3 Å². The van der Waals surface area contributed by atoms with Crippen LogP contribution in [0.5, 0.6) is 0 Å². The highest BCUT2D eigenvalue weighted by Crippen LogP contribution is 2.45. The lowest BCUT2D eigenvalue weighted by Crippen LogP contribution is -2.61. The summed E-state index contributed by atoms with van der Waals surface area (Å²) < 4.78 is 6.28. The Kier molecular flexibility index (Phi) is 12.0. The molecule has 50 heavy (non-hydrogen) atoms. The third kappa shape index (κ3) is 8.23. The number of likely N-dealkylation sites (N-methyl/N-ethyl adjacent to an activating group) is 1. The van der Waals surface area contributed by atoms with Crippen LogP contribution in [0.25, 0.3) is 0 Å². The van der Waals surface area contributed by atoms with Crippen LogP contribution in [-0.2, 0) is 31.8 Å². The fraction of sp³-hybridized carbons (Fsp3) is 0.289. The van der Waals surface area contributed by atoms with Gasteiger partial charge in [-0.05, 0) is 47.2 Å². The fourth-order valence-corrected chi connectivity index (χ4v) is 7.03. The van der Waals surface area contributed by atoms with Gasteiger partial charge in [0.25, 0.3) is 0 Å². The molecule has 0 bridgehead atoms. The third-order valence-corrected chi connectivity index (χ3v) is 9.70. The first-order valence-electron chi connectivity index (χ1n) is 17.6. The number of ether oxygens (including phenoxy) is 1. The van der Waals surface area contributed by atoms with Gasteiger partial charge in [-0.2, -0.15) is 0 Å². The number of hydrogen-bond acceptors (Lipinski definition) is 4. The van der Waals surface area contributed by atoms with E-state index in [1.165, 1.54) is 0 Å². The first-order valence-corrected chi connectivity index (χ1v) is 17.6. The standard InChI is InChI=1S/C45H50N2O3/c1-34(2)31-40(42(48)46-33-44(3,4)36-23-13-7-14-24-36)47(5)41(43(49)50-32-35-21-11-6-12-22-35)45(37-25-15-8-16-26-37,38-27-17-9-18-28-38)39-29-19-10-20-30-39/h6-30,34,40-41H,31-33H2,1-5H3,(H,46,48). The highest BCUT2D eigenvalue weighted by Gasteiger charge is 2.52. The summed E-state index contributed by atoms with van der Waals surface area (Å²) in [5, 5.41) is 3.30. The van der Waals surface area contributed by atoms with Crippen LogP contribution in [0.4, 0.5) is 0 Å². The third-order valence-electron chi connectivity index (χ3n) is 9.70. The Hall–Kier alpha value is -5.00. The van der Waals surface area contributed by atoms with E-state index in [4.69, 9.17) is 4.74 Å². The van der Waals surface area contributed by atoms with Crippen molar-refractivity contribution in [1.29, 1.82) is 0 Å². The van der Waals surface area contributed by atoms with Crippen LogP contribution in [0.1, 0.15) is 61.9 Å². The summed E-state index contributed by atoms with van der Waals surface area (Å²) in [6.45, 7) is 9.07. The van der Waals surface area contributed by atoms with E-state index in [0.717, 1.165) is 27.8 Å². The number of rotatable bonds is 15. The van der Waals surface area contributed by atoms with Gasteiger partial charge in [0.15, 0.2) is 0 Å². The van der Waals surface area contributed by atoms with Crippen LogP contribution >= 0.6 is 0 Å². The number of esters is 1. The van der Waals surface area contributed by atoms with E-state index in [2.05, 4.69) is 81.5 Å². The van der Waals surface area contributed by atoms with Crippen LogP contribution in [0.2, 0.25) is 0 Å². The molecule has 5 aromatic rings. The van der Waals surface area contributed by atoms with Gasteiger partial charge in [-0.1, -0.05) is 179 Å². The number of hydrogen-bond donors (Lipinski definition) is 1. The Balaban J connectivity index is 1.66. The highest BCUT2D eigenvalue weighted by atomic mass is 16.5. The molecule has 2 unspecified atom stereocenters. The van der Waals surface area contributed by atoms with Crippen molar-refractivity contribution in [3.8, 4) is 0 Å². The Morgan fingerprint density at radius 2 is 1.04 bits per heavy atom. The molecular weight excluding hydrogens is 617 g/mol. The summed E-state index contributed by atoms with van der Waals surface area (Å²) >= 11 is 0. The first-order chi connectivity index (χ1) is 24.1. The largest absolute Gasteiger partial charge is 0.460 e. The number of carbonyl (C=O) groups is 2. The molecule has 0 aliphatic rings. The van der Waals surface area contributed by atoms with E-state index in [1.807, 2.05) is 115 Å². The number of benzene rings is 5. The summed E-state index contributed by atoms with van der Waals surface area (Å²) in [6, 6.07) is 48.9. The molecule has 1 N–H and O–H groups in total. The van der Waals surface area contributed by atoms with Crippen molar-refractivity contribution in [3.05, 3.63) is 179 Å². The number of nitrogens with zero attached hydrogens (tertiary/aromatic N) is 1. The van der Waals surface area contributed by atoms with Crippen molar-refractivity contribution in [1.82, 2.24) is 10.2 Å². The summed E-state index contributed by atoms with van der Waals surface area (Å²) in [4.78, 5) is 31.6. The lowest BCUT2D eigenvalue weighted by Gasteiger charge is -2.47. The van der Waals surface area contributed by atoms with E-state index in [0.29, 0.717) is 13.0 Å². The van der Waals surface area contributed by atoms with Crippen molar-refractivity contribution in [3.63, 3.8) is 0 Å². The molecule has 5 heteroatoms. The SMILES string of the molecule is CC(C)CC(C(=O)NCC(C)(C)c1ccccc1)N(C)C(C(=O)OCc1ccccc1)C(c1ccccc1)(c1ccccc1)c1ccccc1. The van der Waals surface area contributed by atoms with Crippen LogP contribution < -0.4 is 5.32 Å². The van der Waals surface area contributed by atoms with E-state index in [-0.39, 0.29) is 23.8 Å². The van der Waals surface area contributed by atoms with E-state index < -0.39 is 23.5 Å². The predicted octanol–water partition coefficient (Wildman–Crippen LogP) is 8.57. The molecule has 0 radical (unpaired) electrons. The monoisotopic (exact) mass is 666 g/mol. The van der Waals surface area contributed by atoms with Gasteiger partial charge in [-0.25, -0.2) is 0 Å². The van der Waals surface area contributed by atoms with Crippen molar-refractivity contribution >= 4 is 11.9 Å². The molecule has 0 saturated heterocycles. The molecule has 0 aromatic heterocycles. The molecule has 0 spiro atoms. The minimum atomic E-state index is -1.04. The van der Waals surface area contributed by atoms with Gasteiger partial charge in [0, 0.05) is 12.0 Å². The molecule has 2 atom stereocenters. The van der Waals surface area contributed by atoms with E-state index in [1.54, 1.807) is 0 Å². The summed E-state index contributed by atoms with van der Waals surface area (Å²) in [7, 11) is 1.91. The first kappa shape index (κ1) is 36.3. The Labute approximate surface area is 298 Å². The molecule has 0 fully saturated rings. The minimum Gasteiger partial charge on any atom is -0.460 e. The fourth-order valence-electron chi connectivity index (χ4n) is 7.03. The smallest absolute Gasteiger partial charge is 0.325 e. The van der Waals surface area contributed by atoms with Gasteiger partial charge < -0.3 is 10.1 Å². The zero-order valence-corrected chi connectivity index (χ0v) is 30.0. The van der Waals surface area contributed by atoms with Gasteiger partial charge in [-0.15, -0.1) is 0 Å². The van der Waals surface area contributed by atoms with E-state index in [9.17, 15) is 4.79 Å². The number of amides is 1. The Bertz CT molecular complexity index is 1680. The summed E-state index contributed by atoms with van der Waals surface area (Å²) in [5.74, 6) is -0.343. The van der Waals surface area contributed by atoms with Crippen LogP contribution in [0.15, 0.2) is 152 Å². The maximum Gasteiger partial charge on any atom is 0.325 e. The molecule has 0 aliphatic carbocycles. The van der Waals surface area contributed by atoms with Gasteiger partial charge in [-0.3, -0.25) is 14.5 Å². The zero-order chi connectivity index (χ0) is 35.6. The average molecular weight is 667 g/mol.